The molecule has 0 bridgehead atoms. The van der Waals surface area contributed by atoms with Crippen molar-refractivity contribution in [2.24, 2.45) is 0 Å². The maximum Gasteiger partial charge on any atom is 0.136 e. The summed E-state index contributed by atoms with van der Waals surface area (Å²) in [5, 5.41) is 11.6. The molecule has 1 N–H and O–H groups in total. The number of rotatable bonds is 3. The predicted octanol–water partition coefficient (Wildman–Crippen LogP) is 3.18. The van der Waals surface area contributed by atoms with E-state index in [0.29, 0.717) is 0 Å². The molecule has 0 spiro atoms. The Balaban J connectivity index is 2.12. The SMILES string of the molecule is CN1CC=C(C(O)(c2ccccc2)c2ccccc2)CC1. The Bertz CT molecular complexity index is 579. The van der Waals surface area contributed by atoms with E-state index in [-0.39, 0.29) is 0 Å². The van der Waals surface area contributed by atoms with Crippen LogP contribution in [0.1, 0.15) is 17.5 Å². The molecular formula is C19H21NO. The van der Waals surface area contributed by atoms with Crippen molar-refractivity contribution in [3.8, 4) is 0 Å². The van der Waals surface area contributed by atoms with Crippen molar-refractivity contribution in [1.29, 1.82) is 0 Å². The van der Waals surface area contributed by atoms with Gasteiger partial charge < -0.3 is 10.0 Å². The molecule has 0 radical (unpaired) electrons. The lowest BCUT2D eigenvalue weighted by atomic mass is 9.78. The average molecular weight is 279 g/mol. The largest absolute Gasteiger partial charge is 0.376 e. The first kappa shape index (κ1) is 14.1. The summed E-state index contributed by atoms with van der Waals surface area (Å²) in [5.41, 5.74) is 1.95. The minimum atomic E-state index is -1.02. The Morgan fingerprint density at radius 1 is 0.905 bits per heavy atom. The molecule has 2 aromatic rings. The Hall–Kier alpha value is -1.90. The Labute approximate surface area is 126 Å². The molecule has 0 atom stereocenters. The Kier molecular flexibility index (Phi) is 3.91. The molecule has 2 aromatic carbocycles. The molecule has 0 unspecified atom stereocenters. The van der Waals surface area contributed by atoms with Crippen LogP contribution >= 0.6 is 0 Å². The molecule has 0 fully saturated rings. The van der Waals surface area contributed by atoms with Crippen LogP contribution in [0.5, 0.6) is 0 Å². The van der Waals surface area contributed by atoms with E-state index in [4.69, 9.17) is 0 Å². The summed E-state index contributed by atoms with van der Waals surface area (Å²) < 4.78 is 0. The first-order valence-electron chi connectivity index (χ1n) is 7.43. The van der Waals surface area contributed by atoms with Gasteiger partial charge in [-0.05, 0) is 30.2 Å². The van der Waals surface area contributed by atoms with Gasteiger partial charge in [-0.2, -0.15) is 0 Å². The lowest BCUT2D eigenvalue weighted by Crippen LogP contribution is -2.35. The van der Waals surface area contributed by atoms with Crippen LogP contribution in [0.15, 0.2) is 72.3 Å². The number of aliphatic hydroxyl groups is 1. The van der Waals surface area contributed by atoms with Gasteiger partial charge in [0.1, 0.15) is 5.60 Å². The standard InChI is InChI=1S/C19H21NO/c1-20-14-12-18(13-15-20)19(21,16-8-4-2-5-9-16)17-10-6-3-7-11-17/h2-12,21H,13-15H2,1H3. The molecule has 2 nitrogen and oxygen atoms in total. The lowest BCUT2D eigenvalue weighted by molar-refractivity contribution is 0.111. The fourth-order valence-electron chi connectivity index (χ4n) is 3.00. The zero-order valence-corrected chi connectivity index (χ0v) is 12.4. The molecule has 1 aliphatic rings. The Morgan fingerprint density at radius 3 is 1.86 bits per heavy atom. The van der Waals surface area contributed by atoms with Crippen LogP contribution in [-0.2, 0) is 5.60 Å². The van der Waals surface area contributed by atoms with Crippen LogP contribution in [-0.4, -0.2) is 30.1 Å². The monoisotopic (exact) mass is 279 g/mol. The number of hydrogen-bond donors (Lipinski definition) is 1. The van der Waals surface area contributed by atoms with Crippen molar-refractivity contribution < 1.29 is 5.11 Å². The second kappa shape index (κ2) is 5.84. The first-order chi connectivity index (χ1) is 10.2. The molecule has 0 aromatic heterocycles. The second-order valence-electron chi connectivity index (χ2n) is 5.68. The average Bonchev–Trinajstić information content (AvgIpc) is 2.56. The van der Waals surface area contributed by atoms with Gasteiger partial charge in [-0.3, -0.25) is 0 Å². The van der Waals surface area contributed by atoms with Gasteiger partial charge in [0.15, 0.2) is 0 Å². The van der Waals surface area contributed by atoms with Crippen molar-refractivity contribution in [3.63, 3.8) is 0 Å². The summed E-state index contributed by atoms with van der Waals surface area (Å²) >= 11 is 0. The smallest absolute Gasteiger partial charge is 0.136 e. The normalized spacial score (nSPS) is 16.6. The van der Waals surface area contributed by atoms with E-state index in [1.54, 1.807) is 0 Å². The predicted molar refractivity (Wildman–Crippen MR) is 86.1 cm³/mol. The summed E-state index contributed by atoms with van der Waals surface area (Å²) in [4.78, 5) is 2.26. The van der Waals surface area contributed by atoms with Crippen LogP contribution in [0.2, 0.25) is 0 Å². The highest BCUT2D eigenvalue weighted by Gasteiger charge is 2.36. The van der Waals surface area contributed by atoms with E-state index >= 15 is 0 Å². The Morgan fingerprint density at radius 2 is 1.43 bits per heavy atom. The second-order valence-corrected chi connectivity index (χ2v) is 5.68. The molecule has 108 valence electrons. The zero-order valence-electron chi connectivity index (χ0n) is 12.4. The third-order valence-corrected chi connectivity index (χ3v) is 4.26. The molecule has 21 heavy (non-hydrogen) atoms. The summed E-state index contributed by atoms with van der Waals surface area (Å²) in [6.07, 6.45) is 3.06. The van der Waals surface area contributed by atoms with Gasteiger partial charge in [0.25, 0.3) is 0 Å². The molecule has 0 amide bonds. The molecule has 0 saturated carbocycles. The molecule has 1 heterocycles. The number of hydrogen-bond acceptors (Lipinski definition) is 2. The van der Waals surface area contributed by atoms with Gasteiger partial charge in [0.05, 0.1) is 0 Å². The van der Waals surface area contributed by atoms with E-state index in [9.17, 15) is 5.11 Å². The van der Waals surface area contributed by atoms with Crippen molar-refractivity contribution >= 4 is 0 Å². The van der Waals surface area contributed by atoms with Crippen LogP contribution < -0.4 is 0 Å². The highest BCUT2D eigenvalue weighted by Crippen LogP contribution is 2.39. The minimum Gasteiger partial charge on any atom is -0.376 e. The summed E-state index contributed by atoms with van der Waals surface area (Å²) in [5.74, 6) is 0. The molecular weight excluding hydrogens is 258 g/mol. The third kappa shape index (κ3) is 2.65. The molecule has 1 aliphatic heterocycles. The molecule has 0 saturated heterocycles. The van der Waals surface area contributed by atoms with Gasteiger partial charge in [-0.25, -0.2) is 0 Å². The summed E-state index contributed by atoms with van der Waals surface area (Å²) in [6.45, 7) is 1.87. The molecule has 3 rings (SSSR count). The van der Waals surface area contributed by atoms with Gasteiger partial charge in [-0.15, -0.1) is 0 Å². The summed E-state index contributed by atoms with van der Waals surface area (Å²) in [7, 11) is 2.11. The van der Waals surface area contributed by atoms with Crippen LogP contribution in [0.25, 0.3) is 0 Å². The molecule has 0 aliphatic carbocycles. The van der Waals surface area contributed by atoms with Crippen LogP contribution in [0.4, 0.5) is 0 Å². The number of nitrogens with zero attached hydrogens (tertiary/aromatic N) is 1. The van der Waals surface area contributed by atoms with E-state index < -0.39 is 5.60 Å². The first-order valence-corrected chi connectivity index (χ1v) is 7.43. The quantitative estimate of drug-likeness (QED) is 0.872. The highest BCUT2D eigenvalue weighted by atomic mass is 16.3. The topological polar surface area (TPSA) is 23.5 Å². The van der Waals surface area contributed by atoms with Crippen LogP contribution in [0, 0.1) is 0 Å². The third-order valence-electron chi connectivity index (χ3n) is 4.26. The van der Waals surface area contributed by atoms with Gasteiger partial charge in [0, 0.05) is 13.1 Å². The highest BCUT2D eigenvalue weighted by molar-refractivity contribution is 5.45. The lowest BCUT2D eigenvalue weighted by Gasteiger charge is -2.35. The van der Waals surface area contributed by atoms with Gasteiger partial charge in [0.2, 0.25) is 0 Å². The van der Waals surface area contributed by atoms with E-state index in [1.165, 1.54) is 0 Å². The number of likely N-dealkylation sites (N-methyl/N-ethyl adjacent to an activating group) is 1. The van der Waals surface area contributed by atoms with E-state index in [1.807, 2.05) is 60.7 Å². The molecule has 2 heteroatoms. The van der Waals surface area contributed by atoms with Gasteiger partial charge >= 0.3 is 0 Å². The van der Waals surface area contributed by atoms with Crippen molar-refractivity contribution in [2.75, 3.05) is 20.1 Å². The minimum absolute atomic E-state index is 0.886. The van der Waals surface area contributed by atoms with Gasteiger partial charge in [-0.1, -0.05) is 66.7 Å². The zero-order chi connectivity index (χ0) is 14.7. The number of benzene rings is 2. The van der Waals surface area contributed by atoms with E-state index in [2.05, 4.69) is 18.0 Å². The fourth-order valence-corrected chi connectivity index (χ4v) is 3.00. The fraction of sp³-hybridized carbons (Fsp3) is 0.263. The van der Waals surface area contributed by atoms with Crippen LogP contribution in [0.3, 0.4) is 0 Å². The van der Waals surface area contributed by atoms with E-state index in [0.717, 1.165) is 36.2 Å². The maximum absolute atomic E-state index is 11.6. The van der Waals surface area contributed by atoms with Crippen molar-refractivity contribution in [3.05, 3.63) is 83.4 Å². The van der Waals surface area contributed by atoms with Crippen molar-refractivity contribution in [2.45, 2.75) is 12.0 Å². The maximum atomic E-state index is 11.6. The van der Waals surface area contributed by atoms with Crippen molar-refractivity contribution in [1.82, 2.24) is 4.90 Å². The summed E-state index contributed by atoms with van der Waals surface area (Å²) in [6, 6.07) is 19.9.